The van der Waals surface area contributed by atoms with Crippen molar-refractivity contribution in [1.29, 1.82) is 0 Å². The van der Waals surface area contributed by atoms with Crippen LogP contribution in [0.25, 0.3) is 0 Å². The van der Waals surface area contributed by atoms with Gasteiger partial charge in [0.2, 0.25) is 0 Å². The van der Waals surface area contributed by atoms with Crippen molar-refractivity contribution in [1.82, 2.24) is 4.90 Å². The second kappa shape index (κ2) is 9.77. The number of carbonyl (C=O) groups is 2. The number of ether oxygens (including phenoxy) is 1. The number of nitrogens with one attached hydrogen (secondary N) is 1. The number of urea groups is 1. The first-order valence-corrected chi connectivity index (χ1v) is 11.1. The van der Waals surface area contributed by atoms with E-state index in [0.29, 0.717) is 30.1 Å². The van der Waals surface area contributed by atoms with Crippen molar-refractivity contribution in [3.8, 4) is 5.75 Å². The summed E-state index contributed by atoms with van der Waals surface area (Å²) < 4.78 is 5.29. The Morgan fingerprint density at radius 2 is 1.82 bits per heavy atom. The molecule has 170 valence electrons. The number of aryl methyl sites for hydroxylation is 2. The van der Waals surface area contributed by atoms with Gasteiger partial charge >= 0.3 is 6.03 Å². The standard InChI is InChI=1S/C27H29N3O3/c1-19-12-13-20(2)21(16-19)18-29-14-7-15-30(27(29)32)23-9-6-8-22(17-23)28-26(31)24-10-4-5-11-25(24)33-3/h4-6,8-13,16-17H,7,14-15,18H2,1-3H3,(H,28,31). The zero-order valence-electron chi connectivity index (χ0n) is 19.3. The summed E-state index contributed by atoms with van der Waals surface area (Å²) in [7, 11) is 1.54. The van der Waals surface area contributed by atoms with Gasteiger partial charge in [0.05, 0.1) is 12.7 Å². The highest BCUT2D eigenvalue weighted by molar-refractivity contribution is 6.06. The molecule has 0 bridgehead atoms. The highest BCUT2D eigenvalue weighted by atomic mass is 16.5. The van der Waals surface area contributed by atoms with E-state index in [2.05, 4.69) is 37.4 Å². The van der Waals surface area contributed by atoms with Crippen LogP contribution in [0.5, 0.6) is 5.75 Å². The maximum Gasteiger partial charge on any atom is 0.324 e. The predicted octanol–water partition coefficient (Wildman–Crippen LogP) is 5.40. The quantitative estimate of drug-likeness (QED) is 0.555. The summed E-state index contributed by atoms with van der Waals surface area (Å²) in [4.78, 5) is 29.8. The maximum atomic E-state index is 13.3. The molecule has 1 aliphatic heterocycles. The lowest BCUT2D eigenvalue weighted by molar-refractivity contribution is 0.102. The topological polar surface area (TPSA) is 61.9 Å². The van der Waals surface area contributed by atoms with Crippen LogP contribution < -0.4 is 15.0 Å². The molecular weight excluding hydrogens is 414 g/mol. The zero-order valence-corrected chi connectivity index (χ0v) is 19.3. The molecule has 1 fully saturated rings. The normalized spacial score (nSPS) is 13.7. The molecule has 3 aromatic carbocycles. The molecule has 0 radical (unpaired) electrons. The van der Waals surface area contributed by atoms with Gasteiger partial charge < -0.3 is 15.0 Å². The van der Waals surface area contributed by atoms with Crippen molar-refractivity contribution in [2.45, 2.75) is 26.8 Å². The number of amides is 3. The SMILES string of the molecule is COc1ccccc1C(=O)Nc1cccc(N2CCCN(Cc3cc(C)ccc3C)C2=O)c1. The van der Waals surface area contributed by atoms with Crippen molar-refractivity contribution in [3.05, 3.63) is 89.0 Å². The number of benzene rings is 3. The Kier molecular flexibility index (Phi) is 6.63. The molecule has 0 saturated carbocycles. The van der Waals surface area contributed by atoms with Crippen LogP contribution in [0.2, 0.25) is 0 Å². The monoisotopic (exact) mass is 443 g/mol. The van der Waals surface area contributed by atoms with Crippen molar-refractivity contribution >= 4 is 23.3 Å². The van der Waals surface area contributed by atoms with Crippen molar-refractivity contribution in [2.75, 3.05) is 30.4 Å². The third-order valence-corrected chi connectivity index (χ3v) is 5.94. The minimum Gasteiger partial charge on any atom is -0.496 e. The van der Waals surface area contributed by atoms with Crippen molar-refractivity contribution in [2.24, 2.45) is 0 Å². The van der Waals surface area contributed by atoms with Crippen molar-refractivity contribution in [3.63, 3.8) is 0 Å². The third-order valence-electron chi connectivity index (χ3n) is 5.94. The molecule has 0 unspecified atom stereocenters. The van der Waals surface area contributed by atoms with Gasteiger partial charge in [0.15, 0.2) is 0 Å². The van der Waals surface area contributed by atoms with Gasteiger partial charge in [-0.15, -0.1) is 0 Å². The molecule has 33 heavy (non-hydrogen) atoms. The number of anilines is 2. The summed E-state index contributed by atoms with van der Waals surface area (Å²) in [5, 5.41) is 2.92. The number of hydrogen-bond acceptors (Lipinski definition) is 3. The molecular formula is C27H29N3O3. The molecule has 1 saturated heterocycles. The summed E-state index contributed by atoms with van der Waals surface area (Å²) in [5.41, 5.74) is 5.40. The molecule has 6 heteroatoms. The van der Waals surface area contributed by atoms with Crippen LogP contribution in [-0.4, -0.2) is 37.0 Å². The van der Waals surface area contributed by atoms with Crippen LogP contribution in [0.3, 0.4) is 0 Å². The molecule has 1 N–H and O–H groups in total. The first-order valence-electron chi connectivity index (χ1n) is 11.1. The fraction of sp³-hybridized carbons (Fsp3) is 0.259. The van der Waals surface area contributed by atoms with Crippen LogP contribution >= 0.6 is 0 Å². The fourth-order valence-corrected chi connectivity index (χ4v) is 4.13. The molecule has 3 aromatic rings. The van der Waals surface area contributed by atoms with Gasteiger partial charge in [0, 0.05) is 31.0 Å². The van der Waals surface area contributed by atoms with E-state index >= 15 is 0 Å². The number of nitrogens with zero attached hydrogens (tertiary/aromatic N) is 2. The largest absolute Gasteiger partial charge is 0.496 e. The molecule has 1 heterocycles. The first-order chi connectivity index (χ1) is 16.0. The Bertz CT molecular complexity index is 1170. The number of hydrogen-bond donors (Lipinski definition) is 1. The lowest BCUT2D eigenvalue weighted by Crippen LogP contribution is -2.49. The second-order valence-corrected chi connectivity index (χ2v) is 8.34. The summed E-state index contributed by atoms with van der Waals surface area (Å²) in [6.45, 7) is 6.11. The van der Waals surface area contributed by atoms with E-state index < -0.39 is 0 Å². The summed E-state index contributed by atoms with van der Waals surface area (Å²) in [6.07, 6.45) is 0.883. The maximum absolute atomic E-state index is 13.3. The van der Waals surface area contributed by atoms with E-state index in [-0.39, 0.29) is 11.9 Å². The van der Waals surface area contributed by atoms with Gasteiger partial charge in [-0.25, -0.2) is 4.79 Å². The average molecular weight is 444 g/mol. The highest BCUT2D eigenvalue weighted by Crippen LogP contribution is 2.26. The predicted molar refractivity (Wildman–Crippen MR) is 131 cm³/mol. The minimum absolute atomic E-state index is 0.0182. The Morgan fingerprint density at radius 1 is 1.00 bits per heavy atom. The van der Waals surface area contributed by atoms with E-state index in [1.165, 1.54) is 16.7 Å². The Labute approximate surface area is 194 Å². The third kappa shape index (κ3) is 5.00. The van der Waals surface area contributed by atoms with Gasteiger partial charge in [0.1, 0.15) is 5.75 Å². The van der Waals surface area contributed by atoms with E-state index in [1.54, 1.807) is 30.2 Å². The van der Waals surface area contributed by atoms with E-state index in [0.717, 1.165) is 18.7 Å². The summed E-state index contributed by atoms with van der Waals surface area (Å²) >= 11 is 0. The number of rotatable bonds is 6. The Balaban J connectivity index is 1.51. The molecule has 0 aromatic heterocycles. The smallest absolute Gasteiger partial charge is 0.324 e. The number of para-hydroxylation sites is 1. The first kappa shape index (κ1) is 22.4. The number of methoxy groups -OCH3 is 1. The Hall–Kier alpha value is -3.80. The van der Waals surface area contributed by atoms with Gasteiger partial charge in [-0.05, 0) is 61.7 Å². The molecule has 6 nitrogen and oxygen atoms in total. The molecule has 0 atom stereocenters. The van der Waals surface area contributed by atoms with Gasteiger partial charge in [-0.3, -0.25) is 9.69 Å². The van der Waals surface area contributed by atoms with Crippen LogP contribution in [0.1, 0.15) is 33.5 Å². The highest BCUT2D eigenvalue weighted by Gasteiger charge is 2.27. The molecule has 0 aliphatic carbocycles. The van der Waals surface area contributed by atoms with Crippen molar-refractivity contribution < 1.29 is 14.3 Å². The van der Waals surface area contributed by atoms with E-state index in [4.69, 9.17) is 4.74 Å². The van der Waals surface area contributed by atoms with Gasteiger partial charge in [0.25, 0.3) is 5.91 Å². The van der Waals surface area contributed by atoms with E-state index in [1.807, 2.05) is 35.2 Å². The molecule has 1 aliphatic rings. The summed E-state index contributed by atoms with van der Waals surface area (Å²) in [5.74, 6) is 0.255. The summed E-state index contributed by atoms with van der Waals surface area (Å²) in [6, 6.07) is 20.8. The lowest BCUT2D eigenvalue weighted by Gasteiger charge is -2.36. The molecule has 4 rings (SSSR count). The molecule has 0 spiro atoms. The number of carbonyl (C=O) groups excluding carboxylic acids is 2. The van der Waals surface area contributed by atoms with Gasteiger partial charge in [-0.2, -0.15) is 0 Å². The second-order valence-electron chi connectivity index (χ2n) is 8.34. The van der Waals surface area contributed by atoms with Crippen LogP contribution in [-0.2, 0) is 6.54 Å². The van der Waals surface area contributed by atoms with Crippen LogP contribution in [0.15, 0.2) is 66.7 Å². The molecule has 3 amide bonds. The van der Waals surface area contributed by atoms with Crippen LogP contribution in [0.4, 0.5) is 16.2 Å². The zero-order chi connectivity index (χ0) is 23.4. The van der Waals surface area contributed by atoms with Crippen LogP contribution in [0, 0.1) is 13.8 Å². The van der Waals surface area contributed by atoms with E-state index in [9.17, 15) is 9.59 Å². The van der Waals surface area contributed by atoms with Gasteiger partial charge in [-0.1, -0.05) is 42.0 Å². The average Bonchev–Trinajstić information content (AvgIpc) is 2.82. The minimum atomic E-state index is -0.258. The lowest BCUT2D eigenvalue weighted by atomic mass is 10.0. The fourth-order valence-electron chi connectivity index (χ4n) is 4.13. The Morgan fingerprint density at radius 3 is 2.64 bits per heavy atom.